The van der Waals surface area contributed by atoms with E-state index >= 15 is 0 Å². The van der Waals surface area contributed by atoms with Crippen LogP contribution in [0, 0.1) is 0 Å². The lowest BCUT2D eigenvalue weighted by Crippen LogP contribution is -2.24. The van der Waals surface area contributed by atoms with Crippen molar-refractivity contribution in [2.45, 2.75) is 6.54 Å². The molecule has 0 unspecified atom stereocenters. The number of anilines is 1. The Morgan fingerprint density at radius 1 is 1.56 bits per heavy atom. The minimum absolute atomic E-state index is 0.236. The minimum Gasteiger partial charge on any atom is -0.374 e. The molecule has 0 aliphatic carbocycles. The first-order valence-corrected chi connectivity index (χ1v) is 5.18. The molecular formula is C7H9N7OS. The first-order chi connectivity index (χ1) is 7.66. The number of hydrogen-bond donors (Lipinski definition) is 2. The van der Waals surface area contributed by atoms with Gasteiger partial charge in [0.1, 0.15) is 6.33 Å². The van der Waals surface area contributed by atoms with Gasteiger partial charge >= 0.3 is 0 Å². The molecule has 0 radical (unpaired) electrons. The zero-order valence-corrected chi connectivity index (χ0v) is 9.23. The SMILES string of the molecule is Cn1cnnc1CNC(=O)c1nnc(N)s1. The molecule has 0 spiro atoms. The monoisotopic (exact) mass is 239 g/mol. The molecule has 0 fully saturated rings. The van der Waals surface area contributed by atoms with Crippen LogP contribution in [0.5, 0.6) is 0 Å². The molecule has 2 aromatic heterocycles. The van der Waals surface area contributed by atoms with Gasteiger partial charge in [-0.1, -0.05) is 11.3 Å². The van der Waals surface area contributed by atoms with Crippen LogP contribution in [-0.2, 0) is 13.6 Å². The Balaban J connectivity index is 1.96. The summed E-state index contributed by atoms with van der Waals surface area (Å²) in [5.74, 6) is 0.336. The molecule has 0 aliphatic rings. The normalized spacial score (nSPS) is 10.3. The number of nitrogen functional groups attached to an aromatic ring is 1. The lowest BCUT2D eigenvalue weighted by molar-refractivity contribution is 0.0948. The number of rotatable bonds is 3. The third-order valence-corrected chi connectivity index (χ3v) is 2.60. The quantitative estimate of drug-likeness (QED) is 0.723. The highest BCUT2D eigenvalue weighted by Gasteiger charge is 2.12. The molecule has 2 rings (SSSR count). The predicted molar refractivity (Wildman–Crippen MR) is 56.5 cm³/mol. The van der Waals surface area contributed by atoms with Crippen LogP contribution < -0.4 is 11.1 Å². The molecular weight excluding hydrogens is 230 g/mol. The number of carbonyl (C=O) groups is 1. The van der Waals surface area contributed by atoms with Crippen molar-refractivity contribution < 1.29 is 4.79 Å². The third kappa shape index (κ3) is 2.14. The van der Waals surface area contributed by atoms with Crippen LogP contribution in [0.15, 0.2) is 6.33 Å². The van der Waals surface area contributed by atoms with E-state index in [1.165, 1.54) is 0 Å². The van der Waals surface area contributed by atoms with E-state index in [0.29, 0.717) is 5.82 Å². The summed E-state index contributed by atoms with van der Waals surface area (Å²) in [5.41, 5.74) is 5.37. The van der Waals surface area contributed by atoms with Crippen molar-refractivity contribution >= 4 is 22.4 Å². The second-order valence-corrected chi connectivity index (χ2v) is 4.00. The molecule has 84 valence electrons. The van der Waals surface area contributed by atoms with Crippen molar-refractivity contribution in [2.24, 2.45) is 7.05 Å². The Morgan fingerprint density at radius 3 is 2.94 bits per heavy atom. The maximum absolute atomic E-state index is 11.5. The van der Waals surface area contributed by atoms with Crippen molar-refractivity contribution in [1.29, 1.82) is 0 Å². The first-order valence-electron chi connectivity index (χ1n) is 4.37. The molecule has 0 atom stereocenters. The molecule has 9 heteroatoms. The van der Waals surface area contributed by atoms with Crippen LogP contribution in [-0.4, -0.2) is 30.9 Å². The minimum atomic E-state index is -0.322. The lowest BCUT2D eigenvalue weighted by Gasteiger charge is -2.01. The molecule has 2 aromatic rings. The number of hydrogen-bond acceptors (Lipinski definition) is 7. The summed E-state index contributed by atoms with van der Waals surface area (Å²) >= 11 is 1.04. The van der Waals surface area contributed by atoms with Gasteiger partial charge in [0.2, 0.25) is 10.1 Å². The zero-order chi connectivity index (χ0) is 11.5. The standard InChI is InChI=1S/C7H9N7OS/c1-14-3-10-11-4(14)2-9-5(15)6-12-13-7(8)16-6/h3H,2H2,1H3,(H2,8,13)(H,9,15). The van der Waals surface area contributed by atoms with E-state index in [9.17, 15) is 4.79 Å². The van der Waals surface area contributed by atoms with E-state index < -0.39 is 0 Å². The number of amides is 1. The zero-order valence-electron chi connectivity index (χ0n) is 8.41. The van der Waals surface area contributed by atoms with E-state index in [4.69, 9.17) is 5.73 Å². The average Bonchev–Trinajstić information content (AvgIpc) is 2.84. The Morgan fingerprint density at radius 2 is 2.38 bits per heavy atom. The highest BCUT2D eigenvalue weighted by molar-refractivity contribution is 7.16. The smallest absolute Gasteiger partial charge is 0.282 e. The molecule has 0 bridgehead atoms. The van der Waals surface area contributed by atoms with Crippen LogP contribution in [0.25, 0.3) is 0 Å². The van der Waals surface area contributed by atoms with Crippen LogP contribution in [0.3, 0.4) is 0 Å². The first kappa shape index (κ1) is 10.5. The number of nitrogens with two attached hydrogens (primary N) is 1. The van der Waals surface area contributed by atoms with Gasteiger partial charge < -0.3 is 15.6 Å². The van der Waals surface area contributed by atoms with Crippen molar-refractivity contribution in [3.05, 3.63) is 17.2 Å². The molecule has 3 N–H and O–H groups in total. The fourth-order valence-electron chi connectivity index (χ4n) is 1.03. The van der Waals surface area contributed by atoms with E-state index in [1.54, 1.807) is 17.9 Å². The molecule has 0 aliphatic heterocycles. The molecule has 0 saturated carbocycles. The van der Waals surface area contributed by atoms with Crippen molar-refractivity contribution in [1.82, 2.24) is 30.3 Å². The Hall–Kier alpha value is -2.03. The summed E-state index contributed by atoms with van der Waals surface area (Å²) in [4.78, 5) is 11.5. The summed E-state index contributed by atoms with van der Waals surface area (Å²) < 4.78 is 1.72. The molecule has 16 heavy (non-hydrogen) atoms. The van der Waals surface area contributed by atoms with Gasteiger partial charge in [0.15, 0.2) is 5.82 Å². The van der Waals surface area contributed by atoms with Gasteiger partial charge in [-0.25, -0.2) is 0 Å². The highest BCUT2D eigenvalue weighted by atomic mass is 32.1. The molecule has 1 amide bonds. The van der Waals surface area contributed by atoms with E-state index in [-0.39, 0.29) is 22.6 Å². The average molecular weight is 239 g/mol. The summed E-state index contributed by atoms with van der Waals surface area (Å²) in [5, 5.41) is 17.8. The van der Waals surface area contributed by atoms with Crippen LogP contribution in [0.2, 0.25) is 0 Å². The van der Waals surface area contributed by atoms with Gasteiger partial charge in [-0.15, -0.1) is 20.4 Å². The highest BCUT2D eigenvalue weighted by Crippen LogP contribution is 2.10. The Labute approximate surface area is 94.5 Å². The third-order valence-electron chi connectivity index (χ3n) is 1.85. The summed E-state index contributed by atoms with van der Waals surface area (Å²) in [6, 6.07) is 0. The Bertz CT molecular complexity index is 504. The van der Waals surface area contributed by atoms with Gasteiger partial charge in [-0.05, 0) is 0 Å². The fraction of sp³-hybridized carbons (Fsp3) is 0.286. The number of carbonyl (C=O) groups excluding carboxylic acids is 1. The van der Waals surface area contributed by atoms with Gasteiger partial charge in [0.05, 0.1) is 6.54 Å². The molecule has 0 aromatic carbocycles. The van der Waals surface area contributed by atoms with Crippen LogP contribution in [0.4, 0.5) is 5.13 Å². The predicted octanol–water partition coefficient (Wildman–Crippen LogP) is -0.821. The van der Waals surface area contributed by atoms with Gasteiger partial charge in [-0.3, -0.25) is 4.79 Å². The van der Waals surface area contributed by atoms with E-state index in [2.05, 4.69) is 25.7 Å². The summed E-state index contributed by atoms with van der Waals surface area (Å²) in [6.45, 7) is 0.287. The van der Waals surface area contributed by atoms with Gasteiger partial charge in [0, 0.05) is 7.05 Å². The maximum Gasteiger partial charge on any atom is 0.282 e. The number of aromatic nitrogens is 5. The van der Waals surface area contributed by atoms with Crippen molar-refractivity contribution in [2.75, 3.05) is 5.73 Å². The largest absolute Gasteiger partial charge is 0.374 e. The van der Waals surface area contributed by atoms with Crippen molar-refractivity contribution in [3.8, 4) is 0 Å². The second-order valence-electron chi connectivity index (χ2n) is 2.99. The number of nitrogens with one attached hydrogen (secondary N) is 1. The topological polar surface area (TPSA) is 112 Å². The molecule has 0 saturated heterocycles. The molecule has 2 heterocycles. The van der Waals surface area contributed by atoms with Crippen LogP contribution >= 0.6 is 11.3 Å². The van der Waals surface area contributed by atoms with E-state index in [0.717, 1.165) is 11.3 Å². The van der Waals surface area contributed by atoms with Crippen LogP contribution in [0.1, 0.15) is 15.6 Å². The molecule has 8 nitrogen and oxygen atoms in total. The van der Waals surface area contributed by atoms with Gasteiger partial charge in [-0.2, -0.15) is 0 Å². The maximum atomic E-state index is 11.5. The Kier molecular flexibility index (Phi) is 2.77. The number of nitrogens with zero attached hydrogens (tertiary/aromatic N) is 5. The second kappa shape index (κ2) is 4.23. The number of aryl methyl sites for hydroxylation is 1. The summed E-state index contributed by atoms with van der Waals surface area (Å²) in [6.07, 6.45) is 1.56. The lowest BCUT2D eigenvalue weighted by atomic mass is 10.5. The van der Waals surface area contributed by atoms with E-state index in [1.807, 2.05) is 0 Å². The summed E-state index contributed by atoms with van der Waals surface area (Å²) in [7, 11) is 1.80. The van der Waals surface area contributed by atoms with Crippen molar-refractivity contribution in [3.63, 3.8) is 0 Å². The fourth-order valence-corrected chi connectivity index (χ4v) is 1.55. The van der Waals surface area contributed by atoms with Gasteiger partial charge in [0.25, 0.3) is 5.91 Å².